The van der Waals surface area contributed by atoms with Crippen molar-refractivity contribution in [1.29, 1.82) is 5.26 Å². The number of H-pyrrole nitrogens is 1. The third kappa shape index (κ3) is 1.50. The number of aromatic nitrogens is 2. The molecule has 18 heavy (non-hydrogen) atoms. The van der Waals surface area contributed by atoms with E-state index in [9.17, 15) is 4.79 Å². The second-order valence-electron chi connectivity index (χ2n) is 3.79. The highest BCUT2D eigenvalue weighted by molar-refractivity contribution is 5.98. The molecule has 1 aliphatic heterocycles. The number of ether oxygens (including phenoxy) is 1. The largest absolute Gasteiger partial charge is 0.471 e. The average Bonchev–Trinajstić information content (AvgIpc) is 2.90. The molecule has 0 saturated carbocycles. The highest BCUT2D eigenvalue weighted by Crippen LogP contribution is 2.36. The Morgan fingerprint density at radius 1 is 1.39 bits per heavy atom. The van der Waals surface area contributed by atoms with Crippen molar-refractivity contribution in [2.45, 2.75) is 6.10 Å². The van der Waals surface area contributed by atoms with Gasteiger partial charge >= 0.3 is 0 Å². The van der Waals surface area contributed by atoms with Crippen LogP contribution in [0, 0.1) is 11.3 Å². The van der Waals surface area contributed by atoms with Crippen LogP contribution in [-0.2, 0) is 4.79 Å². The van der Waals surface area contributed by atoms with Crippen LogP contribution in [0.3, 0.4) is 0 Å². The summed E-state index contributed by atoms with van der Waals surface area (Å²) in [6.45, 7) is 0. The van der Waals surface area contributed by atoms with Gasteiger partial charge in [-0.1, -0.05) is 6.07 Å². The summed E-state index contributed by atoms with van der Waals surface area (Å²) in [5, 5.41) is 18.2. The number of rotatable bonds is 1. The Morgan fingerprint density at radius 3 is 3.00 bits per heavy atom. The predicted octanol–water partition coefficient (Wildman–Crippen LogP) is 1.35. The van der Waals surface area contributed by atoms with E-state index < -0.39 is 6.10 Å². The SMILES string of the molecule is N#Cc1cccc2c1OC(c1ccn[nH]1)C(=O)N2. The van der Waals surface area contributed by atoms with Crippen molar-refractivity contribution in [3.63, 3.8) is 0 Å². The lowest BCUT2D eigenvalue weighted by atomic mass is 10.1. The van der Waals surface area contributed by atoms with Gasteiger partial charge in [-0.3, -0.25) is 9.89 Å². The minimum atomic E-state index is -0.811. The topological polar surface area (TPSA) is 90.8 Å². The fourth-order valence-electron chi connectivity index (χ4n) is 1.84. The van der Waals surface area contributed by atoms with Crippen LogP contribution in [0.5, 0.6) is 5.75 Å². The zero-order chi connectivity index (χ0) is 12.5. The van der Waals surface area contributed by atoms with E-state index in [4.69, 9.17) is 10.00 Å². The summed E-state index contributed by atoms with van der Waals surface area (Å²) in [5.41, 5.74) is 1.44. The first-order chi connectivity index (χ1) is 8.79. The number of nitrogens with one attached hydrogen (secondary N) is 2. The zero-order valence-electron chi connectivity index (χ0n) is 9.18. The summed E-state index contributed by atoms with van der Waals surface area (Å²) in [7, 11) is 0. The molecule has 6 nitrogen and oxygen atoms in total. The van der Waals surface area contributed by atoms with Crippen molar-refractivity contribution in [3.8, 4) is 11.8 Å². The van der Waals surface area contributed by atoms with Crippen LogP contribution in [0.15, 0.2) is 30.5 Å². The number of hydrogen-bond donors (Lipinski definition) is 2. The Morgan fingerprint density at radius 2 is 2.28 bits per heavy atom. The smallest absolute Gasteiger partial charge is 0.271 e. The van der Waals surface area contributed by atoms with Gasteiger partial charge in [0.25, 0.3) is 5.91 Å². The lowest BCUT2D eigenvalue weighted by molar-refractivity contribution is -0.123. The third-order valence-corrected chi connectivity index (χ3v) is 2.67. The second-order valence-corrected chi connectivity index (χ2v) is 3.79. The number of carbonyl (C=O) groups excluding carboxylic acids is 1. The van der Waals surface area contributed by atoms with Gasteiger partial charge in [-0.15, -0.1) is 0 Å². The molecule has 0 bridgehead atoms. The Bertz CT molecular complexity index is 643. The van der Waals surface area contributed by atoms with Crippen LogP contribution >= 0.6 is 0 Å². The first-order valence-corrected chi connectivity index (χ1v) is 5.29. The maximum absolute atomic E-state index is 11.9. The molecule has 0 radical (unpaired) electrons. The normalized spacial score (nSPS) is 17.3. The Hall–Kier alpha value is -2.81. The van der Waals surface area contributed by atoms with Crippen LogP contribution in [0.4, 0.5) is 5.69 Å². The van der Waals surface area contributed by atoms with Crippen LogP contribution in [0.1, 0.15) is 17.4 Å². The Labute approximate surface area is 102 Å². The molecule has 1 atom stereocenters. The van der Waals surface area contributed by atoms with Gasteiger partial charge < -0.3 is 10.1 Å². The maximum atomic E-state index is 11.9. The van der Waals surface area contributed by atoms with Gasteiger partial charge in [-0.05, 0) is 18.2 Å². The van der Waals surface area contributed by atoms with E-state index in [1.807, 2.05) is 6.07 Å². The van der Waals surface area contributed by atoms with E-state index in [2.05, 4.69) is 15.5 Å². The number of benzene rings is 1. The standard InChI is InChI=1S/C12H8N4O2/c13-6-7-2-1-3-8-10(7)18-11(12(17)15-8)9-4-5-14-16-9/h1-5,11H,(H,14,16)(H,15,17). The molecule has 6 heteroatoms. The highest BCUT2D eigenvalue weighted by atomic mass is 16.5. The van der Waals surface area contributed by atoms with Crippen molar-refractivity contribution >= 4 is 11.6 Å². The molecule has 3 rings (SSSR count). The lowest BCUT2D eigenvalue weighted by Gasteiger charge is -2.25. The van der Waals surface area contributed by atoms with Crippen molar-refractivity contribution in [3.05, 3.63) is 41.7 Å². The molecule has 88 valence electrons. The van der Waals surface area contributed by atoms with Gasteiger partial charge in [0.05, 0.1) is 16.9 Å². The van der Waals surface area contributed by atoms with E-state index >= 15 is 0 Å². The van der Waals surface area contributed by atoms with E-state index in [0.717, 1.165) is 0 Å². The van der Waals surface area contributed by atoms with Crippen LogP contribution < -0.4 is 10.1 Å². The molecule has 1 amide bonds. The lowest BCUT2D eigenvalue weighted by Crippen LogP contribution is -2.30. The number of fused-ring (bicyclic) bond motifs is 1. The second kappa shape index (κ2) is 3.89. The molecule has 1 aromatic carbocycles. The Balaban J connectivity index is 2.05. The Kier molecular flexibility index (Phi) is 2.24. The van der Waals surface area contributed by atoms with Crippen LogP contribution in [0.2, 0.25) is 0 Å². The number of amides is 1. The van der Waals surface area contributed by atoms with E-state index in [0.29, 0.717) is 22.7 Å². The molecule has 0 fully saturated rings. The molecule has 2 N–H and O–H groups in total. The first-order valence-electron chi connectivity index (χ1n) is 5.29. The molecular formula is C12H8N4O2. The van der Waals surface area contributed by atoms with Gasteiger partial charge in [0.15, 0.2) is 5.75 Å². The summed E-state index contributed by atoms with van der Waals surface area (Å²) in [5.74, 6) is 0.0982. The molecule has 1 unspecified atom stereocenters. The van der Waals surface area contributed by atoms with Gasteiger partial charge in [0.1, 0.15) is 6.07 Å². The number of anilines is 1. The fourth-order valence-corrected chi connectivity index (χ4v) is 1.84. The number of nitrogens with zero attached hydrogens (tertiary/aromatic N) is 2. The van der Waals surface area contributed by atoms with Gasteiger partial charge in [-0.2, -0.15) is 10.4 Å². The average molecular weight is 240 g/mol. The highest BCUT2D eigenvalue weighted by Gasteiger charge is 2.31. The van der Waals surface area contributed by atoms with Gasteiger partial charge in [0, 0.05) is 6.20 Å². The zero-order valence-corrected chi connectivity index (χ0v) is 9.18. The van der Waals surface area contributed by atoms with E-state index in [1.165, 1.54) is 6.20 Å². The third-order valence-electron chi connectivity index (χ3n) is 2.67. The molecule has 1 aliphatic rings. The number of para-hydroxylation sites is 1. The fraction of sp³-hybridized carbons (Fsp3) is 0.0833. The van der Waals surface area contributed by atoms with Gasteiger partial charge in [0.2, 0.25) is 6.10 Å². The molecule has 0 aliphatic carbocycles. The number of carbonyl (C=O) groups is 1. The molecule has 0 saturated heterocycles. The molecule has 2 aromatic rings. The first kappa shape index (κ1) is 10.4. The summed E-state index contributed by atoms with van der Waals surface area (Å²) < 4.78 is 5.60. The van der Waals surface area contributed by atoms with E-state index in [-0.39, 0.29) is 5.91 Å². The quantitative estimate of drug-likeness (QED) is 0.787. The minimum absolute atomic E-state index is 0.290. The summed E-state index contributed by atoms with van der Waals surface area (Å²) in [6.07, 6.45) is 0.729. The molecule has 0 spiro atoms. The maximum Gasteiger partial charge on any atom is 0.271 e. The molecule has 1 aromatic heterocycles. The summed E-state index contributed by atoms with van der Waals surface area (Å²) in [4.78, 5) is 11.9. The monoisotopic (exact) mass is 240 g/mol. The minimum Gasteiger partial charge on any atom is -0.471 e. The van der Waals surface area contributed by atoms with Gasteiger partial charge in [-0.25, -0.2) is 0 Å². The van der Waals surface area contributed by atoms with Crippen LogP contribution in [0.25, 0.3) is 0 Å². The number of hydrogen-bond acceptors (Lipinski definition) is 4. The number of nitriles is 1. The van der Waals surface area contributed by atoms with Crippen molar-refractivity contribution in [1.82, 2.24) is 10.2 Å². The van der Waals surface area contributed by atoms with Crippen LogP contribution in [-0.4, -0.2) is 16.1 Å². The van der Waals surface area contributed by atoms with Crippen molar-refractivity contribution in [2.24, 2.45) is 0 Å². The molecular weight excluding hydrogens is 232 g/mol. The van der Waals surface area contributed by atoms with Crippen molar-refractivity contribution < 1.29 is 9.53 Å². The number of aromatic amines is 1. The van der Waals surface area contributed by atoms with E-state index in [1.54, 1.807) is 24.3 Å². The summed E-state index contributed by atoms with van der Waals surface area (Å²) in [6, 6.07) is 8.71. The summed E-state index contributed by atoms with van der Waals surface area (Å²) >= 11 is 0. The predicted molar refractivity (Wildman–Crippen MR) is 61.7 cm³/mol. The molecule has 2 heterocycles. The van der Waals surface area contributed by atoms with Crippen molar-refractivity contribution in [2.75, 3.05) is 5.32 Å².